The van der Waals surface area contributed by atoms with E-state index in [4.69, 9.17) is 16.3 Å². The molecule has 3 saturated heterocycles. The van der Waals surface area contributed by atoms with Crippen LogP contribution in [0.1, 0.15) is 12.1 Å². The van der Waals surface area contributed by atoms with Crippen molar-refractivity contribution in [1.82, 2.24) is 14.8 Å². The van der Waals surface area contributed by atoms with Crippen LogP contribution in [0.15, 0.2) is 54.7 Å². The molecule has 4 amide bonds. The summed E-state index contributed by atoms with van der Waals surface area (Å²) in [7, 11) is 0. The number of piperazine rings is 1. The summed E-state index contributed by atoms with van der Waals surface area (Å²) in [4.78, 5) is 48.5. The van der Waals surface area contributed by atoms with Gasteiger partial charge in [0.2, 0.25) is 0 Å². The van der Waals surface area contributed by atoms with Crippen LogP contribution in [0.25, 0.3) is 10.8 Å². The normalized spacial score (nSPS) is 22.6. The van der Waals surface area contributed by atoms with Crippen molar-refractivity contribution in [3.05, 3.63) is 65.4 Å². The number of hydrogen-bond acceptors (Lipinski definition) is 6. The Kier molecular flexibility index (Phi) is 4.86. The van der Waals surface area contributed by atoms with Gasteiger partial charge in [-0.2, -0.15) is 5.26 Å². The Balaban J connectivity index is 1.25. The SMILES string of the molecule is N#Cc1ncc(N2C(=O)C3C4CC(CN4C(=O)COc4ccc(Cl)cc4)N3C2=O)c2ccccc12. The lowest BCUT2D eigenvalue weighted by Crippen LogP contribution is -2.55. The van der Waals surface area contributed by atoms with Gasteiger partial charge in [0, 0.05) is 22.3 Å². The van der Waals surface area contributed by atoms with Gasteiger partial charge in [0.25, 0.3) is 11.8 Å². The highest BCUT2D eigenvalue weighted by atomic mass is 35.5. The lowest BCUT2D eigenvalue weighted by Gasteiger charge is -2.34. The number of benzene rings is 2. The number of urea groups is 1. The van der Waals surface area contributed by atoms with Crippen LogP contribution in [0.5, 0.6) is 5.75 Å². The minimum absolute atomic E-state index is 0.173. The number of pyridine rings is 1. The fourth-order valence-electron chi connectivity index (χ4n) is 5.37. The number of nitriles is 1. The molecule has 0 aliphatic carbocycles. The largest absolute Gasteiger partial charge is 0.484 e. The van der Waals surface area contributed by atoms with E-state index >= 15 is 0 Å². The first-order valence-corrected chi connectivity index (χ1v) is 11.5. The van der Waals surface area contributed by atoms with Crippen LogP contribution in [0.2, 0.25) is 5.02 Å². The number of aromatic nitrogens is 1. The molecular formula is C25H18ClN5O4. The molecule has 3 atom stereocenters. The standard InChI is InChI=1S/C25H18ClN5O4/c26-14-5-7-16(8-6-14)35-13-22(32)29-12-15-9-20(29)23-24(33)31(25(34)30(15)23)21-11-28-19(10-27)17-3-1-2-4-18(17)21/h1-8,11,15,20,23H,9,12-13H2. The number of carbonyl (C=O) groups is 3. The van der Waals surface area contributed by atoms with Gasteiger partial charge in [-0.15, -0.1) is 0 Å². The van der Waals surface area contributed by atoms with E-state index in [1.165, 1.54) is 6.20 Å². The second kappa shape index (κ2) is 7.96. The van der Waals surface area contributed by atoms with Crippen LogP contribution in [0.4, 0.5) is 10.5 Å². The molecular weight excluding hydrogens is 470 g/mol. The topological polar surface area (TPSA) is 107 Å². The molecule has 0 saturated carbocycles. The van der Waals surface area contributed by atoms with Gasteiger partial charge in [-0.3, -0.25) is 9.59 Å². The smallest absolute Gasteiger partial charge is 0.332 e. The van der Waals surface area contributed by atoms with Crippen LogP contribution in [0, 0.1) is 11.3 Å². The summed E-state index contributed by atoms with van der Waals surface area (Å²) >= 11 is 5.88. The number of amides is 4. The van der Waals surface area contributed by atoms with Gasteiger partial charge in [0.15, 0.2) is 6.61 Å². The van der Waals surface area contributed by atoms with E-state index in [0.29, 0.717) is 40.2 Å². The van der Waals surface area contributed by atoms with Crippen molar-refractivity contribution in [1.29, 1.82) is 5.26 Å². The van der Waals surface area contributed by atoms with E-state index < -0.39 is 24.0 Å². The van der Waals surface area contributed by atoms with Crippen molar-refractivity contribution in [3.8, 4) is 11.8 Å². The maximum Gasteiger partial charge on any atom is 0.332 e. The van der Waals surface area contributed by atoms with E-state index in [2.05, 4.69) is 4.98 Å². The number of hydrogen-bond donors (Lipinski definition) is 0. The monoisotopic (exact) mass is 487 g/mol. The minimum atomic E-state index is -0.755. The zero-order chi connectivity index (χ0) is 24.3. The van der Waals surface area contributed by atoms with Gasteiger partial charge in [0.05, 0.1) is 24.0 Å². The summed E-state index contributed by atoms with van der Waals surface area (Å²) in [6.07, 6.45) is 1.94. The third-order valence-corrected chi connectivity index (χ3v) is 7.13. The highest BCUT2D eigenvalue weighted by Crippen LogP contribution is 2.43. The summed E-state index contributed by atoms with van der Waals surface area (Å²) < 4.78 is 5.60. The molecule has 174 valence electrons. The molecule has 0 N–H and O–H groups in total. The molecule has 1 aromatic heterocycles. The number of nitrogens with zero attached hydrogens (tertiary/aromatic N) is 5. The summed E-state index contributed by atoms with van der Waals surface area (Å²) in [5.41, 5.74) is 0.564. The average Bonchev–Trinajstić information content (AvgIpc) is 3.54. The van der Waals surface area contributed by atoms with Gasteiger partial charge in [-0.25, -0.2) is 14.7 Å². The van der Waals surface area contributed by atoms with E-state index in [1.54, 1.807) is 58.3 Å². The van der Waals surface area contributed by atoms with Crippen molar-refractivity contribution in [2.75, 3.05) is 18.1 Å². The Morgan fingerprint density at radius 1 is 1.14 bits per heavy atom. The third kappa shape index (κ3) is 3.21. The zero-order valence-electron chi connectivity index (χ0n) is 18.3. The highest BCUT2D eigenvalue weighted by Gasteiger charge is 2.63. The Hall–Kier alpha value is -4.16. The maximum absolute atomic E-state index is 13.6. The van der Waals surface area contributed by atoms with Gasteiger partial charge in [-0.1, -0.05) is 35.9 Å². The van der Waals surface area contributed by atoms with E-state index in [1.807, 2.05) is 6.07 Å². The molecule has 2 bridgehead atoms. The third-order valence-electron chi connectivity index (χ3n) is 6.88. The van der Waals surface area contributed by atoms with Crippen LogP contribution >= 0.6 is 11.6 Å². The van der Waals surface area contributed by atoms with Gasteiger partial charge < -0.3 is 14.5 Å². The number of imide groups is 1. The predicted octanol–water partition coefficient (Wildman–Crippen LogP) is 2.96. The number of rotatable bonds is 4. The van der Waals surface area contributed by atoms with Gasteiger partial charge in [0.1, 0.15) is 23.6 Å². The quantitative estimate of drug-likeness (QED) is 0.524. The Bertz CT molecular complexity index is 1440. The molecule has 3 fully saturated rings. The molecule has 3 aromatic rings. The first kappa shape index (κ1) is 21.4. The lowest BCUT2D eigenvalue weighted by atomic mass is 10.1. The summed E-state index contributed by atoms with van der Waals surface area (Å²) in [5.74, 6) is -0.112. The number of anilines is 1. The fraction of sp³-hybridized carbons (Fsp3) is 0.240. The average molecular weight is 488 g/mol. The molecule has 35 heavy (non-hydrogen) atoms. The minimum Gasteiger partial charge on any atom is -0.484 e. The van der Waals surface area contributed by atoms with Gasteiger partial charge >= 0.3 is 6.03 Å². The first-order chi connectivity index (χ1) is 17.0. The van der Waals surface area contributed by atoms with Crippen molar-refractivity contribution < 1.29 is 19.1 Å². The summed E-state index contributed by atoms with van der Waals surface area (Å²) in [6.45, 7) is 0.177. The molecule has 3 aliphatic rings. The summed E-state index contributed by atoms with van der Waals surface area (Å²) in [6, 6.07) is 14.0. The number of carbonyl (C=O) groups excluding carboxylic acids is 3. The Labute approximate surface area is 205 Å². The van der Waals surface area contributed by atoms with E-state index in [0.717, 1.165) is 4.90 Å². The van der Waals surface area contributed by atoms with Crippen molar-refractivity contribution in [2.45, 2.75) is 24.5 Å². The van der Waals surface area contributed by atoms with Crippen LogP contribution in [-0.4, -0.2) is 63.9 Å². The Morgan fingerprint density at radius 3 is 2.63 bits per heavy atom. The zero-order valence-corrected chi connectivity index (χ0v) is 19.1. The lowest BCUT2D eigenvalue weighted by molar-refractivity contribution is -0.137. The van der Waals surface area contributed by atoms with E-state index in [-0.39, 0.29) is 24.2 Å². The molecule has 0 spiro atoms. The number of fused-ring (bicyclic) bond motifs is 6. The molecule has 2 aromatic carbocycles. The molecule has 6 rings (SSSR count). The highest BCUT2D eigenvalue weighted by molar-refractivity contribution is 6.30. The molecule has 3 aliphatic heterocycles. The molecule has 4 heterocycles. The van der Waals surface area contributed by atoms with E-state index in [9.17, 15) is 19.6 Å². The molecule has 9 nitrogen and oxygen atoms in total. The van der Waals surface area contributed by atoms with Crippen LogP contribution in [0.3, 0.4) is 0 Å². The molecule has 0 radical (unpaired) electrons. The number of halogens is 1. The summed E-state index contributed by atoms with van der Waals surface area (Å²) in [5, 5.41) is 11.1. The van der Waals surface area contributed by atoms with Gasteiger partial charge in [-0.05, 0) is 30.7 Å². The predicted molar refractivity (Wildman–Crippen MR) is 126 cm³/mol. The van der Waals surface area contributed by atoms with Crippen LogP contribution < -0.4 is 9.64 Å². The first-order valence-electron chi connectivity index (χ1n) is 11.1. The fourth-order valence-corrected chi connectivity index (χ4v) is 5.50. The maximum atomic E-state index is 13.6. The number of likely N-dealkylation sites (tertiary alicyclic amines) is 1. The van der Waals surface area contributed by atoms with Crippen molar-refractivity contribution in [3.63, 3.8) is 0 Å². The number of ether oxygens (including phenoxy) is 1. The van der Waals surface area contributed by atoms with Crippen LogP contribution in [-0.2, 0) is 9.59 Å². The molecule has 3 unspecified atom stereocenters. The second-order valence-corrected chi connectivity index (χ2v) is 9.14. The second-order valence-electron chi connectivity index (χ2n) is 8.70. The van der Waals surface area contributed by atoms with Crippen molar-refractivity contribution >= 4 is 45.9 Å². The van der Waals surface area contributed by atoms with Crippen molar-refractivity contribution in [2.24, 2.45) is 0 Å². The Morgan fingerprint density at radius 2 is 1.89 bits per heavy atom. The molecule has 10 heteroatoms.